The number of aromatic nitrogens is 2. The molecule has 1 aromatic heterocycles. The normalized spacial score (nSPS) is 13.5. The van der Waals surface area contributed by atoms with E-state index >= 15 is 0 Å². The molecular weight excluding hydrogens is 458 g/mol. The van der Waals surface area contributed by atoms with E-state index in [1.54, 1.807) is 24.3 Å². The summed E-state index contributed by atoms with van der Waals surface area (Å²) in [6.07, 6.45) is 1.25. The summed E-state index contributed by atoms with van der Waals surface area (Å²) in [5.41, 5.74) is 8.69. The lowest BCUT2D eigenvalue weighted by atomic mass is 10.1. The van der Waals surface area contributed by atoms with Crippen LogP contribution in [0, 0.1) is 24.0 Å². The standard InChI is InChI=1S/C23H24ClN7O3/c1-15-4-3-5-19(16(15)2)29-10-12-30(13-11-29)22-20(31(33)34)21(25-14-26-22)27-28-23(32)17-6-8-18(24)9-7-17/h3-9,14H,10-13H2,1-2H3,(H,28,32)(H,25,26,27). The first-order valence-electron chi connectivity index (χ1n) is 10.7. The Bertz CT molecular complexity index is 1210. The van der Waals surface area contributed by atoms with Crippen LogP contribution in [0.5, 0.6) is 0 Å². The van der Waals surface area contributed by atoms with Crippen molar-refractivity contribution in [1.82, 2.24) is 15.4 Å². The van der Waals surface area contributed by atoms with Gasteiger partial charge in [-0.3, -0.25) is 25.8 Å². The monoisotopic (exact) mass is 481 g/mol. The van der Waals surface area contributed by atoms with Crippen molar-refractivity contribution in [2.45, 2.75) is 13.8 Å². The number of carbonyl (C=O) groups excluding carboxylic acids is 1. The van der Waals surface area contributed by atoms with Crippen LogP contribution in [0.15, 0.2) is 48.8 Å². The van der Waals surface area contributed by atoms with Gasteiger partial charge in [0.05, 0.1) is 4.92 Å². The average Bonchev–Trinajstić information content (AvgIpc) is 2.84. The summed E-state index contributed by atoms with van der Waals surface area (Å²) in [5.74, 6) is -0.355. The van der Waals surface area contributed by atoms with Gasteiger partial charge in [-0.1, -0.05) is 23.7 Å². The van der Waals surface area contributed by atoms with Gasteiger partial charge in [0.1, 0.15) is 6.33 Å². The Morgan fingerprint density at radius 2 is 1.71 bits per heavy atom. The number of nitro groups is 1. The van der Waals surface area contributed by atoms with Crippen LogP contribution >= 0.6 is 11.6 Å². The predicted molar refractivity (Wildman–Crippen MR) is 132 cm³/mol. The molecule has 10 nitrogen and oxygen atoms in total. The molecule has 3 aromatic rings. The Morgan fingerprint density at radius 1 is 1.03 bits per heavy atom. The molecule has 1 aliphatic heterocycles. The van der Waals surface area contributed by atoms with Crippen molar-refractivity contribution in [2.75, 3.05) is 41.4 Å². The zero-order chi connectivity index (χ0) is 24.2. The van der Waals surface area contributed by atoms with E-state index in [2.05, 4.69) is 51.7 Å². The average molecular weight is 482 g/mol. The molecule has 0 aliphatic carbocycles. The number of nitrogens with one attached hydrogen (secondary N) is 2. The summed E-state index contributed by atoms with van der Waals surface area (Å²) in [4.78, 5) is 36.1. The highest BCUT2D eigenvalue weighted by atomic mass is 35.5. The SMILES string of the molecule is Cc1cccc(N2CCN(c3ncnc(NNC(=O)c4ccc(Cl)cc4)c3[N+](=O)[O-])CC2)c1C. The van der Waals surface area contributed by atoms with Crippen LogP contribution in [0.2, 0.25) is 5.02 Å². The van der Waals surface area contributed by atoms with E-state index in [4.69, 9.17) is 11.6 Å². The maximum atomic E-state index is 12.4. The van der Waals surface area contributed by atoms with Gasteiger partial charge in [0.2, 0.25) is 11.6 Å². The fourth-order valence-corrected chi connectivity index (χ4v) is 4.01. The number of nitrogens with zero attached hydrogens (tertiary/aromatic N) is 5. The largest absolute Gasteiger partial charge is 0.368 e. The van der Waals surface area contributed by atoms with Gasteiger partial charge >= 0.3 is 5.69 Å². The molecule has 1 fully saturated rings. The Morgan fingerprint density at radius 3 is 2.38 bits per heavy atom. The fourth-order valence-electron chi connectivity index (χ4n) is 3.89. The molecule has 0 spiro atoms. The third kappa shape index (κ3) is 4.86. The Kier molecular flexibility index (Phi) is 6.78. The second-order valence-corrected chi connectivity index (χ2v) is 8.37. The second kappa shape index (κ2) is 9.92. The molecule has 176 valence electrons. The van der Waals surface area contributed by atoms with Crippen molar-refractivity contribution in [3.63, 3.8) is 0 Å². The molecule has 1 saturated heterocycles. The highest BCUT2D eigenvalue weighted by Gasteiger charge is 2.30. The maximum Gasteiger partial charge on any atom is 0.355 e. The molecule has 1 aliphatic rings. The molecule has 2 N–H and O–H groups in total. The number of piperazine rings is 1. The number of hydrazine groups is 1. The van der Waals surface area contributed by atoms with Gasteiger partial charge in [0.25, 0.3) is 5.91 Å². The topological polar surface area (TPSA) is 117 Å². The second-order valence-electron chi connectivity index (χ2n) is 7.93. The van der Waals surface area contributed by atoms with Gasteiger partial charge in [0.15, 0.2) is 0 Å². The molecule has 0 radical (unpaired) electrons. The molecule has 11 heteroatoms. The maximum absolute atomic E-state index is 12.4. The first-order valence-corrected chi connectivity index (χ1v) is 11.1. The van der Waals surface area contributed by atoms with Gasteiger partial charge in [0, 0.05) is 42.5 Å². The van der Waals surface area contributed by atoms with Crippen molar-refractivity contribution in [3.8, 4) is 0 Å². The minimum absolute atomic E-state index is 0.0886. The highest BCUT2D eigenvalue weighted by molar-refractivity contribution is 6.30. The number of hydrogen-bond donors (Lipinski definition) is 2. The van der Waals surface area contributed by atoms with Crippen LogP contribution in [-0.2, 0) is 0 Å². The van der Waals surface area contributed by atoms with Crippen LogP contribution in [0.1, 0.15) is 21.5 Å². The lowest BCUT2D eigenvalue weighted by Gasteiger charge is -2.37. The minimum atomic E-state index is -0.539. The molecule has 0 unspecified atom stereocenters. The van der Waals surface area contributed by atoms with E-state index in [0.29, 0.717) is 36.8 Å². The highest BCUT2D eigenvalue weighted by Crippen LogP contribution is 2.33. The minimum Gasteiger partial charge on any atom is -0.368 e. The molecule has 0 atom stereocenters. The smallest absolute Gasteiger partial charge is 0.355 e. The van der Waals surface area contributed by atoms with E-state index in [0.717, 1.165) is 0 Å². The number of anilines is 3. The van der Waals surface area contributed by atoms with E-state index in [-0.39, 0.29) is 17.3 Å². The molecule has 4 rings (SSSR count). The van der Waals surface area contributed by atoms with Crippen LogP contribution in [0.3, 0.4) is 0 Å². The summed E-state index contributed by atoms with van der Waals surface area (Å²) < 4.78 is 0. The van der Waals surface area contributed by atoms with Crippen LogP contribution < -0.4 is 20.7 Å². The Balaban J connectivity index is 1.49. The lowest BCUT2D eigenvalue weighted by Crippen LogP contribution is -2.47. The predicted octanol–water partition coefficient (Wildman–Crippen LogP) is 3.74. The molecule has 1 amide bonds. The van der Waals surface area contributed by atoms with E-state index < -0.39 is 10.8 Å². The molecular formula is C23H24ClN7O3. The van der Waals surface area contributed by atoms with Crippen LogP contribution in [0.4, 0.5) is 23.0 Å². The molecule has 0 saturated carbocycles. The number of rotatable bonds is 6. The zero-order valence-corrected chi connectivity index (χ0v) is 19.5. The van der Waals surface area contributed by atoms with Crippen molar-refractivity contribution in [2.24, 2.45) is 0 Å². The molecule has 34 heavy (non-hydrogen) atoms. The third-order valence-electron chi connectivity index (χ3n) is 5.88. The zero-order valence-electron chi connectivity index (χ0n) is 18.8. The molecule has 0 bridgehead atoms. The summed E-state index contributed by atoms with van der Waals surface area (Å²) in [6, 6.07) is 12.5. The fraction of sp³-hybridized carbons (Fsp3) is 0.261. The first kappa shape index (κ1) is 23.2. The number of benzene rings is 2. The molecule has 2 heterocycles. The summed E-state index contributed by atoms with van der Waals surface area (Å²) in [6.45, 7) is 6.69. The van der Waals surface area contributed by atoms with Crippen molar-refractivity contribution < 1.29 is 9.72 Å². The lowest BCUT2D eigenvalue weighted by molar-refractivity contribution is -0.383. The van der Waals surface area contributed by atoms with Gasteiger partial charge in [-0.25, -0.2) is 9.97 Å². The van der Waals surface area contributed by atoms with Crippen molar-refractivity contribution in [3.05, 3.63) is 80.6 Å². The third-order valence-corrected chi connectivity index (χ3v) is 6.13. The Hall–Kier alpha value is -3.92. The Labute approximate surface area is 201 Å². The number of carbonyl (C=O) groups is 1. The number of aryl methyl sites for hydroxylation is 1. The van der Waals surface area contributed by atoms with Crippen molar-refractivity contribution in [1.29, 1.82) is 0 Å². The summed E-state index contributed by atoms with van der Waals surface area (Å²) in [7, 11) is 0. The van der Waals surface area contributed by atoms with E-state index in [1.807, 2.05) is 11.0 Å². The van der Waals surface area contributed by atoms with Crippen LogP contribution in [0.25, 0.3) is 0 Å². The quantitative estimate of drug-likeness (QED) is 0.404. The van der Waals surface area contributed by atoms with Crippen molar-refractivity contribution >= 4 is 40.5 Å². The van der Waals surface area contributed by atoms with Gasteiger partial charge < -0.3 is 9.80 Å². The van der Waals surface area contributed by atoms with Gasteiger partial charge in [-0.15, -0.1) is 0 Å². The van der Waals surface area contributed by atoms with Gasteiger partial charge in [-0.05, 0) is 55.3 Å². The number of hydrogen-bond acceptors (Lipinski definition) is 8. The van der Waals surface area contributed by atoms with E-state index in [1.165, 1.54) is 23.1 Å². The number of amides is 1. The molecule has 2 aromatic carbocycles. The van der Waals surface area contributed by atoms with Gasteiger partial charge in [-0.2, -0.15) is 0 Å². The summed E-state index contributed by atoms with van der Waals surface area (Å²) >= 11 is 5.85. The number of halogens is 1. The first-order chi connectivity index (χ1) is 16.3. The van der Waals surface area contributed by atoms with E-state index in [9.17, 15) is 14.9 Å². The summed E-state index contributed by atoms with van der Waals surface area (Å²) in [5, 5.41) is 12.4. The van der Waals surface area contributed by atoms with Crippen LogP contribution in [-0.4, -0.2) is 47.0 Å².